The average molecular weight is 365 g/mol. The zero-order chi connectivity index (χ0) is 15.2. The van der Waals surface area contributed by atoms with E-state index in [0.717, 1.165) is 10.2 Å². The van der Waals surface area contributed by atoms with Crippen LogP contribution >= 0.6 is 27.5 Å². The molecule has 2 aromatic rings. The van der Waals surface area contributed by atoms with E-state index in [0.29, 0.717) is 16.3 Å². The summed E-state index contributed by atoms with van der Waals surface area (Å²) in [5.74, 6) is -0.196. The normalized spacial score (nSPS) is 9.76. The molecule has 21 heavy (non-hydrogen) atoms. The number of halogens is 2. The van der Waals surface area contributed by atoms with Gasteiger partial charge in [0.15, 0.2) is 0 Å². The summed E-state index contributed by atoms with van der Waals surface area (Å²) in [6.45, 7) is 0.138. The molecule has 0 aliphatic heterocycles. The molecule has 0 aliphatic carbocycles. The van der Waals surface area contributed by atoms with E-state index in [9.17, 15) is 4.79 Å². The topological polar surface area (TPSA) is 64.9 Å². The zero-order valence-corrected chi connectivity index (χ0v) is 13.2. The van der Waals surface area contributed by atoms with Gasteiger partial charge in [0.1, 0.15) is 6.07 Å². The summed E-state index contributed by atoms with van der Waals surface area (Å²) in [5, 5.41) is 14.8. The van der Waals surface area contributed by atoms with Crippen LogP contribution in [0.1, 0.15) is 5.56 Å². The van der Waals surface area contributed by atoms with Crippen LogP contribution < -0.4 is 10.6 Å². The van der Waals surface area contributed by atoms with Crippen LogP contribution in [0.5, 0.6) is 0 Å². The summed E-state index contributed by atoms with van der Waals surface area (Å²) < 4.78 is 0.977. The Labute approximate surface area is 135 Å². The standard InChI is InChI=1S/C15H11BrClN3O/c16-11-2-5-12(6-3-11)19-9-15(21)20-13-4-1-10(8-18)14(17)7-13/h1-7,19H,9H2,(H,20,21). The molecule has 0 unspecified atom stereocenters. The number of hydrogen-bond acceptors (Lipinski definition) is 3. The lowest BCUT2D eigenvalue weighted by atomic mass is 10.2. The zero-order valence-electron chi connectivity index (χ0n) is 10.9. The summed E-state index contributed by atoms with van der Waals surface area (Å²) in [6.07, 6.45) is 0. The molecule has 106 valence electrons. The van der Waals surface area contributed by atoms with Crippen LogP contribution in [0.25, 0.3) is 0 Å². The molecule has 0 heterocycles. The molecule has 0 fully saturated rings. The summed E-state index contributed by atoms with van der Waals surface area (Å²) in [4.78, 5) is 11.8. The smallest absolute Gasteiger partial charge is 0.243 e. The van der Waals surface area contributed by atoms with Gasteiger partial charge in [0.2, 0.25) is 5.91 Å². The number of benzene rings is 2. The number of nitrogens with zero attached hydrogens (tertiary/aromatic N) is 1. The van der Waals surface area contributed by atoms with Gasteiger partial charge < -0.3 is 10.6 Å². The van der Waals surface area contributed by atoms with Crippen LogP contribution in [0.4, 0.5) is 11.4 Å². The number of anilines is 2. The third-order valence-electron chi connectivity index (χ3n) is 2.67. The van der Waals surface area contributed by atoms with Gasteiger partial charge in [-0.2, -0.15) is 5.26 Å². The molecule has 0 aliphatic rings. The Morgan fingerprint density at radius 3 is 2.48 bits per heavy atom. The van der Waals surface area contributed by atoms with Crippen LogP contribution in [0.3, 0.4) is 0 Å². The Hall–Kier alpha value is -2.03. The van der Waals surface area contributed by atoms with Crippen LogP contribution in [-0.4, -0.2) is 12.5 Å². The summed E-state index contributed by atoms with van der Waals surface area (Å²) in [5.41, 5.74) is 1.79. The minimum absolute atomic E-state index is 0.138. The van der Waals surface area contributed by atoms with Gasteiger partial charge >= 0.3 is 0 Å². The predicted octanol–water partition coefficient (Wildman–Crippen LogP) is 4.02. The molecule has 0 spiro atoms. The highest BCUT2D eigenvalue weighted by Gasteiger charge is 2.05. The van der Waals surface area contributed by atoms with E-state index < -0.39 is 0 Å². The maximum Gasteiger partial charge on any atom is 0.243 e. The first-order valence-electron chi connectivity index (χ1n) is 6.07. The minimum Gasteiger partial charge on any atom is -0.376 e. The largest absolute Gasteiger partial charge is 0.376 e. The third kappa shape index (κ3) is 4.48. The molecule has 2 aromatic carbocycles. The number of amides is 1. The van der Waals surface area contributed by atoms with Gasteiger partial charge in [-0.05, 0) is 42.5 Å². The van der Waals surface area contributed by atoms with Crippen molar-refractivity contribution >= 4 is 44.8 Å². The average Bonchev–Trinajstić information content (AvgIpc) is 2.47. The fourth-order valence-corrected chi connectivity index (χ4v) is 2.13. The number of carbonyl (C=O) groups is 1. The Bertz CT molecular complexity index is 695. The first-order valence-corrected chi connectivity index (χ1v) is 7.24. The molecule has 0 saturated heterocycles. The lowest BCUT2D eigenvalue weighted by Crippen LogP contribution is -2.21. The van der Waals surface area contributed by atoms with E-state index in [1.807, 2.05) is 30.3 Å². The summed E-state index contributed by atoms with van der Waals surface area (Å²) in [7, 11) is 0. The van der Waals surface area contributed by atoms with Crippen molar-refractivity contribution in [2.75, 3.05) is 17.2 Å². The fourth-order valence-electron chi connectivity index (χ4n) is 1.64. The number of nitriles is 1. The highest BCUT2D eigenvalue weighted by molar-refractivity contribution is 9.10. The number of hydrogen-bond donors (Lipinski definition) is 2. The van der Waals surface area contributed by atoms with Crippen molar-refractivity contribution in [3.8, 4) is 6.07 Å². The van der Waals surface area contributed by atoms with E-state index in [2.05, 4.69) is 26.6 Å². The van der Waals surface area contributed by atoms with E-state index in [1.54, 1.807) is 18.2 Å². The molecule has 0 saturated carbocycles. The van der Waals surface area contributed by atoms with E-state index in [4.69, 9.17) is 16.9 Å². The van der Waals surface area contributed by atoms with Gasteiger partial charge in [-0.15, -0.1) is 0 Å². The number of nitrogens with one attached hydrogen (secondary N) is 2. The first kappa shape index (κ1) is 15.4. The summed E-state index contributed by atoms with van der Waals surface area (Å²) >= 11 is 9.25. The minimum atomic E-state index is -0.196. The van der Waals surface area contributed by atoms with Crippen molar-refractivity contribution in [1.29, 1.82) is 5.26 Å². The van der Waals surface area contributed by atoms with Crippen molar-refractivity contribution in [2.24, 2.45) is 0 Å². The summed E-state index contributed by atoms with van der Waals surface area (Å²) in [6, 6.07) is 14.3. The van der Waals surface area contributed by atoms with Gasteiger partial charge in [0, 0.05) is 15.8 Å². The van der Waals surface area contributed by atoms with Crippen LogP contribution in [0, 0.1) is 11.3 Å². The fraction of sp³-hybridized carbons (Fsp3) is 0.0667. The second-order valence-corrected chi connectivity index (χ2v) is 5.54. The maximum absolute atomic E-state index is 11.8. The molecule has 6 heteroatoms. The van der Waals surface area contributed by atoms with Crippen molar-refractivity contribution in [3.63, 3.8) is 0 Å². The van der Waals surface area contributed by atoms with E-state index in [1.165, 1.54) is 0 Å². The molecular formula is C15H11BrClN3O. The SMILES string of the molecule is N#Cc1ccc(NC(=O)CNc2ccc(Br)cc2)cc1Cl. The Balaban J connectivity index is 1.91. The van der Waals surface area contributed by atoms with Crippen LogP contribution in [0.15, 0.2) is 46.9 Å². The lowest BCUT2D eigenvalue weighted by molar-refractivity contribution is -0.114. The molecule has 0 atom stereocenters. The second-order valence-electron chi connectivity index (χ2n) is 4.22. The van der Waals surface area contributed by atoms with Crippen molar-refractivity contribution < 1.29 is 4.79 Å². The molecular weight excluding hydrogens is 354 g/mol. The molecule has 4 nitrogen and oxygen atoms in total. The number of rotatable bonds is 4. The number of carbonyl (C=O) groups excluding carboxylic acids is 1. The molecule has 0 radical (unpaired) electrons. The molecule has 1 amide bonds. The molecule has 2 rings (SSSR count). The quantitative estimate of drug-likeness (QED) is 0.861. The Morgan fingerprint density at radius 1 is 1.19 bits per heavy atom. The monoisotopic (exact) mass is 363 g/mol. The van der Waals surface area contributed by atoms with Crippen molar-refractivity contribution in [1.82, 2.24) is 0 Å². The van der Waals surface area contributed by atoms with Crippen molar-refractivity contribution in [3.05, 3.63) is 57.5 Å². The predicted molar refractivity (Wildman–Crippen MR) is 87.4 cm³/mol. The maximum atomic E-state index is 11.8. The first-order chi connectivity index (χ1) is 10.1. The molecule has 0 aromatic heterocycles. The van der Waals surface area contributed by atoms with Gasteiger partial charge in [-0.1, -0.05) is 27.5 Å². The van der Waals surface area contributed by atoms with E-state index >= 15 is 0 Å². The van der Waals surface area contributed by atoms with Crippen molar-refractivity contribution in [2.45, 2.75) is 0 Å². The highest BCUT2D eigenvalue weighted by Crippen LogP contribution is 2.20. The highest BCUT2D eigenvalue weighted by atomic mass is 79.9. The lowest BCUT2D eigenvalue weighted by Gasteiger charge is -2.08. The van der Waals surface area contributed by atoms with Crippen LogP contribution in [0.2, 0.25) is 5.02 Å². The van der Waals surface area contributed by atoms with Gasteiger partial charge in [-0.25, -0.2) is 0 Å². The Morgan fingerprint density at radius 2 is 1.86 bits per heavy atom. The third-order valence-corrected chi connectivity index (χ3v) is 3.51. The molecule has 0 bridgehead atoms. The van der Waals surface area contributed by atoms with Gasteiger partial charge in [-0.3, -0.25) is 4.79 Å². The Kier molecular flexibility index (Phi) is 5.20. The van der Waals surface area contributed by atoms with E-state index in [-0.39, 0.29) is 12.5 Å². The van der Waals surface area contributed by atoms with Gasteiger partial charge in [0.05, 0.1) is 17.1 Å². The molecule has 2 N–H and O–H groups in total. The van der Waals surface area contributed by atoms with Crippen LogP contribution in [-0.2, 0) is 4.79 Å². The van der Waals surface area contributed by atoms with Gasteiger partial charge in [0.25, 0.3) is 0 Å². The second kappa shape index (κ2) is 7.11.